The lowest BCUT2D eigenvalue weighted by Crippen LogP contribution is -2.14. The standard InChI is InChI=1S/C31H37N/c1-4-22-17-26(16-15-23-19-24(5-2)25(6-3)20-23)27(18-22)21-32-30-13-9-7-11-28(30)29-12-8-10-14-31(29)32/h4-5,7-16,22-27H,1-2,6,17-21H2,3H3/b16-15-. The minimum atomic E-state index is 0.635. The SMILES string of the molecule is C=CC1CC(/C=C\C2CC(C=C)C(CC)C2)C(Cn2c3ccccc3c3ccccc32)C1. The minimum absolute atomic E-state index is 0.635. The van der Waals surface area contributed by atoms with Crippen LogP contribution in [-0.4, -0.2) is 4.57 Å². The highest BCUT2D eigenvalue weighted by atomic mass is 15.0. The van der Waals surface area contributed by atoms with E-state index in [9.17, 15) is 0 Å². The van der Waals surface area contributed by atoms with E-state index in [0.29, 0.717) is 23.7 Å². The van der Waals surface area contributed by atoms with Crippen LogP contribution in [0.2, 0.25) is 0 Å². The Hall–Kier alpha value is -2.54. The van der Waals surface area contributed by atoms with Crippen molar-refractivity contribution in [2.45, 2.75) is 45.6 Å². The summed E-state index contributed by atoms with van der Waals surface area (Å²) in [4.78, 5) is 0. The molecule has 0 saturated heterocycles. The van der Waals surface area contributed by atoms with Gasteiger partial charge in [0, 0.05) is 28.4 Å². The number of nitrogens with zero attached hydrogens (tertiary/aromatic N) is 1. The van der Waals surface area contributed by atoms with Gasteiger partial charge in [0.15, 0.2) is 0 Å². The lowest BCUT2D eigenvalue weighted by Gasteiger charge is -2.19. The average Bonchev–Trinajstić information content (AvgIpc) is 3.52. The molecule has 0 aliphatic heterocycles. The fourth-order valence-electron chi connectivity index (χ4n) is 6.69. The van der Waals surface area contributed by atoms with Crippen LogP contribution >= 0.6 is 0 Å². The van der Waals surface area contributed by atoms with E-state index in [4.69, 9.17) is 0 Å². The van der Waals surface area contributed by atoms with Gasteiger partial charge in [0.1, 0.15) is 0 Å². The van der Waals surface area contributed by atoms with E-state index in [1.807, 2.05) is 0 Å². The molecule has 32 heavy (non-hydrogen) atoms. The van der Waals surface area contributed by atoms with Crippen LogP contribution in [0.4, 0.5) is 0 Å². The van der Waals surface area contributed by atoms with Gasteiger partial charge in [0.05, 0.1) is 0 Å². The van der Waals surface area contributed by atoms with Crippen LogP contribution in [0.3, 0.4) is 0 Å². The molecule has 0 amide bonds. The quantitative estimate of drug-likeness (QED) is 0.336. The number of aromatic nitrogens is 1. The number of rotatable bonds is 7. The van der Waals surface area contributed by atoms with Gasteiger partial charge in [-0.1, -0.05) is 74.0 Å². The monoisotopic (exact) mass is 423 g/mol. The van der Waals surface area contributed by atoms with Crippen LogP contribution in [0, 0.1) is 35.5 Å². The molecule has 0 N–H and O–H groups in total. The summed E-state index contributed by atoms with van der Waals surface area (Å²) in [6, 6.07) is 17.8. The van der Waals surface area contributed by atoms with Crippen molar-refractivity contribution in [3.8, 4) is 0 Å². The third-order valence-electron chi connectivity index (χ3n) is 8.46. The molecule has 0 bridgehead atoms. The van der Waals surface area contributed by atoms with Gasteiger partial charge in [-0.15, -0.1) is 13.2 Å². The van der Waals surface area contributed by atoms with Crippen molar-refractivity contribution in [3.05, 3.63) is 86.0 Å². The third-order valence-corrected chi connectivity index (χ3v) is 8.46. The van der Waals surface area contributed by atoms with E-state index in [1.54, 1.807) is 0 Å². The summed E-state index contributed by atoms with van der Waals surface area (Å²) in [5, 5.41) is 2.75. The molecule has 0 spiro atoms. The van der Waals surface area contributed by atoms with Crippen molar-refractivity contribution in [3.63, 3.8) is 0 Å². The number of hydrogen-bond acceptors (Lipinski definition) is 0. The zero-order valence-corrected chi connectivity index (χ0v) is 19.5. The second-order valence-electron chi connectivity index (χ2n) is 10.2. The highest BCUT2D eigenvalue weighted by Gasteiger charge is 2.33. The molecule has 2 aliphatic rings. The van der Waals surface area contributed by atoms with Crippen molar-refractivity contribution >= 4 is 21.8 Å². The molecule has 3 aromatic rings. The first kappa shape index (κ1) is 21.3. The molecule has 0 radical (unpaired) electrons. The summed E-state index contributed by atoms with van der Waals surface area (Å²) >= 11 is 0. The zero-order valence-electron chi connectivity index (χ0n) is 19.5. The first-order valence-corrected chi connectivity index (χ1v) is 12.6. The molecule has 1 heteroatoms. The lowest BCUT2D eigenvalue weighted by atomic mass is 9.93. The number of benzene rings is 2. The Kier molecular flexibility index (Phi) is 6.09. The molecule has 166 valence electrons. The molecule has 6 unspecified atom stereocenters. The molecule has 2 fully saturated rings. The van der Waals surface area contributed by atoms with Gasteiger partial charge < -0.3 is 4.57 Å². The number of fused-ring (bicyclic) bond motifs is 3. The Bertz CT molecular complexity index is 1080. The summed E-state index contributed by atoms with van der Waals surface area (Å²) < 4.78 is 2.58. The van der Waals surface area contributed by atoms with E-state index in [-0.39, 0.29) is 0 Å². The number of hydrogen-bond donors (Lipinski definition) is 0. The van der Waals surface area contributed by atoms with Crippen LogP contribution in [0.15, 0.2) is 86.0 Å². The second-order valence-corrected chi connectivity index (χ2v) is 10.2. The first-order valence-electron chi connectivity index (χ1n) is 12.6. The maximum Gasteiger partial charge on any atom is 0.0491 e. The Morgan fingerprint density at radius 1 is 0.750 bits per heavy atom. The fraction of sp³-hybridized carbons (Fsp3) is 0.419. The van der Waals surface area contributed by atoms with E-state index in [1.165, 1.54) is 53.9 Å². The molecule has 2 saturated carbocycles. The Labute approximate surface area is 193 Å². The minimum Gasteiger partial charge on any atom is -0.340 e. The van der Waals surface area contributed by atoms with Gasteiger partial charge in [-0.3, -0.25) is 0 Å². The Balaban J connectivity index is 1.41. The summed E-state index contributed by atoms with van der Waals surface area (Å²) in [6.45, 7) is 11.7. The van der Waals surface area contributed by atoms with Gasteiger partial charge in [-0.05, 0) is 73.3 Å². The highest BCUT2D eigenvalue weighted by Crippen LogP contribution is 2.43. The first-order chi connectivity index (χ1) is 15.7. The summed E-state index contributed by atoms with van der Waals surface area (Å²) in [5.74, 6) is 4.18. The lowest BCUT2D eigenvalue weighted by molar-refractivity contribution is 0.400. The summed E-state index contributed by atoms with van der Waals surface area (Å²) in [6.07, 6.45) is 15.9. The van der Waals surface area contributed by atoms with Gasteiger partial charge in [0.25, 0.3) is 0 Å². The van der Waals surface area contributed by atoms with Crippen molar-refractivity contribution in [2.24, 2.45) is 35.5 Å². The summed E-state index contributed by atoms with van der Waals surface area (Å²) in [7, 11) is 0. The molecule has 2 aromatic carbocycles. The number of para-hydroxylation sites is 2. The molecule has 6 atom stereocenters. The predicted octanol–water partition coefficient (Wildman–Crippen LogP) is 8.42. The molecule has 5 rings (SSSR count). The van der Waals surface area contributed by atoms with Crippen molar-refractivity contribution in [2.75, 3.05) is 0 Å². The van der Waals surface area contributed by atoms with E-state index in [0.717, 1.165) is 18.4 Å². The summed E-state index contributed by atoms with van der Waals surface area (Å²) in [5.41, 5.74) is 2.74. The molecule has 1 heterocycles. The number of allylic oxidation sites excluding steroid dienone is 4. The van der Waals surface area contributed by atoms with Crippen LogP contribution in [0.1, 0.15) is 39.0 Å². The van der Waals surface area contributed by atoms with E-state index < -0.39 is 0 Å². The maximum absolute atomic E-state index is 4.15. The topological polar surface area (TPSA) is 4.93 Å². The van der Waals surface area contributed by atoms with Crippen LogP contribution in [0.25, 0.3) is 21.8 Å². The molecule has 1 aromatic heterocycles. The van der Waals surface area contributed by atoms with Gasteiger partial charge in [0.2, 0.25) is 0 Å². The van der Waals surface area contributed by atoms with E-state index >= 15 is 0 Å². The average molecular weight is 424 g/mol. The zero-order chi connectivity index (χ0) is 22.1. The van der Waals surface area contributed by atoms with Gasteiger partial charge >= 0.3 is 0 Å². The predicted molar refractivity (Wildman–Crippen MR) is 139 cm³/mol. The largest absolute Gasteiger partial charge is 0.340 e. The third kappa shape index (κ3) is 3.87. The van der Waals surface area contributed by atoms with Gasteiger partial charge in [-0.25, -0.2) is 0 Å². The molecule has 2 aliphatic carbocycles. The fourth-order valence-corrected chi connectivity index (χ4v) is 6.69. The molecular formula is C31H37N. The molecule has 1 nitrogen and oxygen atoms in total. The molecular weight excluding hydrogens is 386 g/mol. The maximum atomic E-state index is 4.15. The van der Waals surface area contributed by atoms with Crippen molar-refractivity contribution < 1.29 is 0 Å². The Morgan fingerprint density at radius 2 is 1.38 bits per heavy atom. The van der Waals surface area contributed by atoms with Gasteiger partial charge in [-0.2, -0.15) is 0 Å². The Morgan fingerprint density at radius 3 is 1.97 bits per heavy atom. The van der Waals surface area contributed by atoms with Crippen LogP contribution in [-0.2, 0) is 6.54 Å². The van der Waals surface area contributed by atoms with Crippen LogP contribution in [0.5, 0.6) is 0 Å². The normalized spacial score (nSPS) is 30.5. The van der Waals surface area contributed by atoms with Crippen LogP contribution < -0.4 is 0 Å². The van der Waals surface area contributed by atoms with E-state index in [2.05, 4.69) is 97.5 Å². The van der Waals surface area contributed by atoms with Crippen molar-refractivity contribution in [1.29, 1.82) is 0 Å². The second kappa shape index (κ2) is 9.14. The highest BCUT2D eigenvalue weighted by molar-refractivity contribution is 6.07. The van der Waals surface area contributed by atoms with Crippen molar-refractivity contribution in [1.82, 2.24) is 4.57 Å². The smallest absolute Gasteiger partial charge is 0.0491 e.